The van der Waals surface area contributed by atoms with E-state index in [2.05, 4.69) is 16.0 Å². The second kappa shape index (κ2) is 6.53. The standard InChI is InChI=1S/C19H20N4O/c24-13-14-4-3-11-23(12-14)19-16-5-1-2-6-17(16)21-18(22-19)15-7-9-20-10-8-15/h1-2,5-10,14,24H,3-4,11-13H2. The van der Waals surface area contributed by atoms with Gasteiger partial charge in [0.25, 0.3) is 0 Å². The van der Waals surface area contributed by atoms with E-state index in [9.17, 15) is 5.11 Å². The van der Waals surface area contributed by atoms with Crippen molar-refractivity contribution >= 4 is 16.7 Å². The average molecular weight is 320 g/mol. The number of pyridine rings is 1. The summed E-state index contributed by atoms with van der Waals surface area (Å²) in [5.74, 6) is 2.00. The van der Waals surface area contributed by atoms with Crippen LogP contribution in [0.3, 0.4) is 0 Å². The maximum atomic E-state index is 9.54. The van der Waals surface area contributed by atoms with Crippen molar-refractivity contribution in [3.8, 4) is 11.4 Å². The molecule has 1 fully saturated rings. The van der Waals surface area contributed by atoms with Gasteiger partial charge < -0.3 is 10.0 Å². The van der Waals surface area contributed by atoms with Crippen molar-refractivity contribution < 1.29 is 5.11 Å². The summed E-state index contributed by atoms with van der Waals surface area (Å²) >= 11 is 0. The molecule has 5 nitrogen and oxygen atoms in total. The molecule has 1 aliphatic rings. The Labute approximate surface area is 141 Å². The van der Waals surface area contributed by atoms with Crippen LogP contribution in [-0.4, -0.2) is 39.8 Å². The van der Waals surface area contributed by atoms with Gasteiger partial charge in [0, 0.05) is 43.0 Å². The number of hydrogen-bond acceptors (Lipinski definition) is 5. The fourth-order valence-electron chi connectivity index (χ4n) is 3.34. The van der Waals surface area contributed by atoms with Crippen LogP contribution < -0.4 is 4.90 Å². The minimum Gasteiger partial charge on any atom is -0.396 e. The van der Waals surface area contributed by atoms with Gasteiger partial charge in [-0.25, -0.2) is 9.97 Å². The SMILES string of the molecule is OCC1CCCN(c2nc(-c3ccncc3)nc3ccccc23)C1. The molecule has 1 aromatic carbocycles. The lowest BCUT2D eigenvalue weighted by molar-refractivity contribution is 0.208. The Morgan fingerprint density at radius 1 is 1.08 bits per heavy atom. The minimum atomic E-state index is 0.233. The molecular formula is C19H20N4O. The molecule has 0 saturated carbocycles. The van der Waals surface area contributed by atoms with Crippen LogP contribution in [0.15, 0.2) is 48.8 Å². The molecule has 5 heteroatoms. The summed E-state index contributed by atoms with van der Waals surface area (Å²) < 4.78 is 0. The summed E-state index contributed by atoms with van der Waals surface area (Å²) in [6.07, 6.45) is 5.67. The molecule has 3 heterocycles. The van der Waals surface area contributed by atoms with E-state index in [0.29, 0.717) is 5.92 Å². The highest BCUT2D eigenvalue weighted by molar-refractivity contribution is 5.91. The van der Waals surface area contributed by atoms with Gasteiger partial charge in [0.2, 0.25) is 0 Å². The predicted octanol–water partition coefficient (Wildman–Crippen LogP) is 2.90. The molecule has 1 aliphatic heterocycles. The van der Waals surface area contributed by atoms with Gasteiger partial charge in [-0.05, 0) is 43.0 Å². The Balaban J connectivity index is 1.84. The Morgan fingerprint density at radius 2 is 1.92 bits per heavy atom. The number of piperidine rings is 1. The van der Waals surface area contributed by atoms with E-state index in [1.165, 1.54) is 0 Å². The van der Waals surface area contributed by atoms with Gasteiger partial charge in [-0.3, -0.25) is 4.98 Å². The lowest BCUT2D eigenvalue weighted by Gasteiger charge is -2.33. The summed E-state index contributed by atoms with van der Waals surface area (Å²) in [6, 6.07) is 12.0. The molecule has 1 saturated heterocycles. The third kappa shape index (κ3) is 2.83. The van der Waals surface area contributed by atoms with Crippen molar-refractivity contribution in [1.29, 1.82) is 0 Å². The fourth-order valence-corrected chi connectivity index (χ4v) is 3.34. The number of fused-ring (bicyclic) bond motifs is 1. The van der Waals surface area contributed by atoms with E-state index in [4.69, 9.17) is 9.97 Å². The third-order valence-corrected chi connectivity index (χ3v) is 4.60. The largest absolute Gasteiger partial charge is 0.396 e. The summed E-state index contributed by atoms with van der Waals surface area (Å²) in [6.45, 7) is 2.04. The van der Waals surface area contributed by atoms with Crippen LogP contribution in [0.4, 0.5) is 5.82 Å². The highest BCUT2D eigenvalue weighted by Crippen LogP contribution is 2.30. The van der Waals surface area contributed by atoms with Crippen LogP contribution in [0.25, 0.3) is 22.3 Å². The van der Waals surface area contributed by atoms with E-state index < -0.39 is 0 Å². The van der Waals surface area contributed by atoms with Crippen molar-refractivity contribution in [3.05, 3.63) is 48.8 Å². The first-order chi connectivity index (χ1) is 11.8. The monoisotopic (exact) mass is 320 g/mol. The number of aliphatic hydroxyl groups excluding tert-OH is 1. The Bertz CT molecular complexity index is 837. The lowest BCUT2D eigenvalue weighted by Crippen LogP contribution is -2.37. The maximum Gasteiger partial charge on any atom is 0.162 e. The third-order valence-electron chi connectivity index (χ3n) is 4.60. The van der Waals surface area contributed by atoms with Crippen LogP contribution >= 0.6 is 0 Å². The molecule has 0 bridgehead atoms. The first-order valence-corrected chi connectivity index (χ1v) is 8.38. The van der Waals surface area contributed by atoms with E-state index in [1.54, 1.807) is 12.4 Å². The Hall–Kier alpha value is -2.53. The lowest BCUT2D eigenvalue weighted by atomic mass is 9.99. The summed E-state index contributed by atoms with van der Waals surface area (Å²) in [4.78, 5) is 16.0. The molecule has 3 aromatic rings. The van der Waals surface area contributed by atoms with Gasteiger partial charge in [-0.15, -0.1) is 0 Å². The molecule has 24 heavy (non-hydrogen) atoms. The summed E-state index contributed by atoms with van der Waals surface area (Å²) in [7, 11) is 0. The highest BCUT2D eigenvalue weighted by atomic mass is 16.3. The first kappa shape index (κ1) is 15.0. The molecule has 2 aromatic heterocycles. The van der Waals surface area contributed by atoms with Gasteiger partial charge >= 0.3 is 0 Å². The van der Waals surface area contributed by atoms with E-state index in [1.807, 2.05) is 30.3 Å². The number of aliphatic hydroxyl groups is 1. The zero-order chi connectivity index (χ0) is 16.4. The Kier molecular flexibility index (Phi) is 4.09. The average Bonchev–Trinajstić information content (AvgIpc) is 2.68. The number of nitrogens with zero attached hydrogens (tertiary/aromatic N) is 4. The second-order valence-corrected chi connectivity index (χ2v) is 6.26. The topological polar surface area (TPSA) is 62.1 Å². The van der Waals surface area contributed by atoms with Crippen LogP contribution in [0.5, 0.6) is 0 Å². The second-order valence-electron chi connectivity index (χ2n) is 6.26. The van der Waals surface area contributed by atoms with Gasteiger partial charge in [-0.1, -0.05) is 12.1 Å². The molecule has 0 spiro atoms. The Morgan fingerprint density at radius 3 is 2.75 bits per heavy atom. The molecule has 0 radical (unpaired) electrons. The quantitative estimate of drug-likeness (QED) is 0.804. The number of para-hydroxylation sites is 1. The molecular weight excluding hydrogens is 300 g/mol. The highest BCUT2D eigenvalue weighted by Gasteiger charge is 2.22. The van der Waals surface area contributed by atoms with Crippen LogP contribution in [0.2, 0.25) is 0 Å². The van der Waals surface area contributed by atoms with Gasteiger partial charge in [0.15, 0.2) is 5.82 Å². The van der Waals surface area contributed by atoms with Crippen LogP contribution in [-0.2, 0) is 0 Å². The van der Waals surface area contributed by atoms with Gasteiger partial charge in [-0.2, -0.15) is 0 Å². The number of anilines is 1. The van der Waals surface area contributed by atoms with Gasteiger partial charge in [0.1, 0.15) is 5.82 Å². The maximum absolute atomic E-state index is 9.54. The van der Waals surface area contributed by atoms with Crippen LogP contribution in [0, 0.1) is 5.92 Å². The first-order valence-electron chi connectivity index (χ1n) is 8.38. The van der Waals surface area contributed by atoms with E-state index in [-0.39, 0.29) is 6.61 Å². The van der Waals surface area contributed by atoms with Crippen molar-refractivity contribution in [2.75, 3.05) is 24.6 Å². The zero-order valence-electron chi connectivity index (χ0n) is 13.5. The smallest absolute Gasteiger partial charge is 0.162 e. The molecule has 122 valence electrons. The molecule has 1 N–H and O–H groups in total. The molecule has 1 unspecified atom stereocenters. The minimum absolute atomic E-state index is 0.233. The van der Waals surface area contributed by atoms with Crippen LogP contribution in [0.1, 0.15) is 12.8 Å². The van der Waals surface area contributed by atoms with Crippen molar-refractivity contribution in [2.24, 2.45) is 5.92 Å². The number of rotatable bonds is 3. The number of aromatic nitrogens is 3. The normalized spacial score (nSPS) is 18.0. The predicted molar refractivity (Wildman–Crippen MR) is 94.8 cm³/mol. The van der Waals surface area contributed by atoms with Crippen molar-refractivity contribution in [2.45, 2.75) is 12.8 Å². The number of benzene rings is 1. The fraction of sp³-hybridized carbons (Fsp3) is 0.316. The van der Waals surface area contributed by atoms with E-state index >= 15 is 0 Å². The molecule has 0 amide bonds. The van der Waals surface area contributed by atoms with Crippen molar-refractivity contribution in [3.63, 3.8) is 0 Å². The number of hydrogen-bond donors (Lipinski definition) is 1. The molecule has 0 aliphatic carbocycles. The molecule has 4 rings (SSSR count). The van der Waals surface area contributed by atoms with E-state index in [0.717, 1.165) is 54.0 Å². The van der Waals surface area contributed by atoms with Gasteiger partial charge in [0.05, 0.1) is 5.52 Å². The summed E-state index contributed by atoms with van der Waals surface area (Å²) in [5, 5.41) is 10.6. The summed E-state index contributed by atoms with van der Waals surface area (Å²) in [5.41, 5.74) is 1.91. The molecule has 1 atom stereocenters. The van der Waals surface area contributed by atoms with Crippen molar-refractivity contribution in [1.82, 2.24) is 15.0 Å². The zero-order valence-corrected chi connectivity index (χ0v) is 13.5.